The zero-order valence-electron chi connectivity index (χ0n) is 12.1. The molecule has 0 atom stereocenters. The number of nitrogens with zero attached hydrogens (tertiary/aromatic N) is 4. The van der Waals surface area contributed by atoms with Gasteiger partial charge < -0.3 is 15.0 Å². The van der Waals surface area contributed by atoms with Crippen molar-refractivity contribution in [3.05, 3.63) is 11.9 Å². The average Bonchev–Trinajstić information content (AvgIpc) is 3.31. The molecule has 0 spiro atoms. The van der Waals surface area contributed by atoms with Crippen molar-refractivity contribution in [2.45, 2.75) is 25.2 Å². The molecule has 2 rings (SSSR count). The lowest BCUT2D eigenvalue weighted by Crippen LogP contribution is -2.29. The minimum atomic E-state index is 0.474. The molecular weight excluding hydrogens is 254 g/mol. The molecule has 6 nitrogen and oxygen atoms in total. The van der Waals surface area contributed by atoms with E-state index in [-0.39, 0.29) is 0 Å². The van der Waals surface area contributed by atoms with Crippen LogP contribution in [-0.2, 0) is 4.74 Å². The Morgan fingerprint density at radius 2 is 2.25 bits per heavy atom. The third kappa shape index (κ3) is 3.81. The van der Waals surface area contributed by atoms with E-state index in [0.29, 0.717) is 25.5 Å². The fourth-order valence-corrected chi connectivity index (χ4v) is 1.99. The van der Waals surface area contributed by atoms with Crippen LogP contribution in [-0.4, -0.2) is 43.8 Å². The van der Waals surface area contributed by atoms with Gasteiger partial charge in [0.2, 0.25) is 0 Å². The first-order chi connectivity index (χ1) is 9.78. The lowest BCUT2D eigenvalue weighted by molar-refractivity contribution is 0.205. The standard InChI is InChI=1S/C14H21N5O/c1-16-12-10-13(18-14(17-12)11-4-5-11)19(7-3-6-15)8-9-20-2/h10-11H,3-5,7-9H2,1-2H3,(H,16,17,18). The van der Waals surface area contributed by atoms with Crippen LogP contribution >= 0.6 is 0 Å². The Balaban J connectivity index is 2.20. The van der Waals surface area contributed by atoms with Crippen LogP contribution in [0.1, 0.15) is 31.0 Å². The molecule has 0 radical (unpaired) electrons. The molecule has 1 saturated carbocycles. The summed E-state index contributed by atoms with van der Waals surface area (Å²) in [5.41, 5.74) is 0. The van der Waals surface area contributed by atoms with Gasteiger partial charge in [-0.15, -0.1) is 0 Å². The first-order valence-electron chi connectivity index (χ1n) is 6.96. The first-order valence-corrected chi connectivity index (χ1v) is 6.96. The van der Waals surface area contributed by atoms with Gasteiger partial charge in [0.05, 0.1) is 19.1 Å². The first kappa shape index (κ1) is 14.5. The molecule has 1 aromatic rings. The van der Waals surface area contributed by atoms with Crippen LogP contribution in [0.3, 0.4) is 0 Å². The highest BCUT2D eigenvalue weighted by Gasteiger charge is 2.27. The molecule has 1 aliphatic rings. The van der Waals surface area contributed by atoms with E-state index < -0.39 is 0 Å². The summed E-state index contributed by atoms with van der Waals surface area (Å²) in [4.78, 5) is 11.3. The number of ether oxygens (including phenoxy) is 1. The van der Waals surface area contributed by atoms with E-state index in [1.807, 2.05) is 13.1 Å². The van der Waals surface area contributed by atoms with Crippen molar-refractivity contribution in [3.8, 4) is 6.07 Å². The minimum Gasteiger partial charge on any atom is -0.383 e. The Morgan fingerprint density at radius 3 is 2.85 bits per heavy atom. The molecule has 0 saturated heterocycles. The molecule has 0 amide bonds. The van der Waals surface area contributed by atoms with E-state index in [1.54, 1.807) is 7.11 Å². The molecule has 0 bridgehead atoms. The molecule has 0 aliphatic heterocycles. The molecule has 1 aliphatic carbocycles. The van der Waals surface area contributed by atoms with Gasteiger partial charge in [0.1, 0.15) is 17.5 Å². The third-order valence-corrected chi connectivity index (χ3v) is 3.31. The van der Waals surface area contributed by atoms with Gasteiger partial charge in [-0.2, -0.15) is 5.26 Å². The van der Waals surface area contributed by atoms with Crippen molar-refractivity contribution >= 4 is 11.6 Å². The molecule has 1 aromatic heterocycles. The fourth-order valence-electron chi connectivity index (χ4n) is 1.99. The van der Waals surface area contributed by atoms with E-state index in [2.05, 4.69) is 26.3 Å². The monoisotopic (exact) mass is 275 g/mol. The lowest BCUT2D eigenvalue weighted by Gasteiger charge is -2.23. The SMILES string of the molecule is CNc1cc(N(CCC#N)CCOC)nc(C2CC2)n1. The van der Waals surface area contributed by atoms with Gasteiger partial charge in [0.15, 0.2) is 0 Å². The minimum absolute atomic E-state index is 0.474. The van der Waals surface area contributed by atoms with Crippen LogP contribution in [0.4, 0.5) is 11.6 Å². The number of anilines is 2. The largest absolute Gasteiger partial charge is 0.383 e. The quantitative estimate of drug-likeness (QED) is 0.779. The lowest BCUT2D eigenvalue weighted by atomic mass is 10.3. The predicted molar refractivity (Wildman–Crippen MR) is 77.9 cm³/mol. The summed E-state index contributed by atoms with van der Waals surface area (Å²) in [6.45, 7) is 2.00. The summed E-state index contributed by atoms with van der Waals surface area (Å²) in [5, 5.41) is 11.9. The fraction of sp³-hybridized carbons (Fsp3) is 0.643. The Bertz CT molecular complexity index is 481. The highest BCUT2D eigenvalue weighted by atomic mass is 16.5. The van der Waals surface area contributed by atoms with Crippen molar-refractivity contribution in [2.75, 3.05) is 44.1 Å². The summed E-state index contributed by atoms with van der Waals surface area (Å²) in [5.74, 6) is 3.11. The van der Waals surface area contributed by atoms with Gasteiger partial charge in [-0.25, -0.2) is 9.97 Å². The van der Waals surface area contributed by atoms with E-state index in [0.717, 1.165) is 24.0 Å². The van der Waals surface area contributed by atoms with Crippen molar-refractivity contribution in [1.29, 1.82) is 5.26 Å². The molecule has 108 valence electrons. The Labute approximate surface area is 119 Å². The molecule has 0 unspecified atom stereocenters. The number of hydrogen-bond acceptors (Lipinski definition) is 6. The number of nitriles is 1. The second-order valence-electron chi connectivity index (χ2n) is 4.88. The van der Waals surface area contributed by atoms with Crippen LogP contribution in [0.25, 0.3) is 0 Å². The average molecular weight is 275 g/mol. The number of hydrogen-bond donors (Lipinski definition) is 1. The van der Waals surface area contributed by atoms with Gasteiger partial charge in [0, 0.05) is 39.2 Å². The Morgan fingerprint density at radius 1 is 1.45 bits per heavy atom. The molecule has 1 N–H and O–H groups in total. The highest BCUT2D eigenvalue weighted by molar-refractivity contribution is 5.49. The maximum absolute atomic E-state index is 8.79. The topological polar surface area (TPSA) is 74.1 Å². The molecule has 20 heavy (non-hydrogen) atoms. The zero-order valence-corrected chi connectivity index (χ0v) is 12.1. The van der Waals surface area contributed by atoms with Gasteiger partial charge in [-0.05, 0) is 12.8 Å². The second kappa shape index (κ2) is 7.06. The Hall–Kier alpha value is -1.87. The smallest absolute Gasteiger partial charge is 0.136 e. The van der Waals surface area contributed by atoms with Crippen LogP contribution in [0.5, 0.6) is 0 Å². The zero-order chi connectivity index (χ0) is 14.4. The summed E-state index contributed by atoms with van der Waals surface area (Å²) in [7, 11) is 3.54. The van der Waals surface area contributed by atoms with E-state index in [9.17, 15) is 0 Å². The van der Waals surface area contributed by atoms with Crippen molar-refractivity contribution in [2.24, 2.45) is 0 Å². The number of aromatic nitrogens is 2. The third-order valence-electron chi connectivity index (χ3n) is 3.31. The summed E-state index contributed by atoms with van der Waals surface area (Å²) in [6.07, 6.45) is 2.81. The maximum atomic E-state index is 8.79. The van der Waals surface area contributed by atoms with Gasteiger partial charge >= 0.3 is 0 Å². The highest BCUT2D eigenvalue weighted by Crippen LogP contribution is 2.39. The van der Waals surface area contributed by atoms with Crippen molar-refractivity contribution in [1.82, 2.24) is 9.97 Å². The molecule has 0 aromatic carbocycles. The van der Waals surface area contributed by atoms with Gasteiger partial charge in [0.25, 0.3) is 0 Å². The maximum Gasteiger partial charge on any atom is 0.136 e. The van der Waals surface area contributed by atoms with Crippen LogP contribution in [0.2, 0.25) is 0 Å². The number of methoxy groups -OCH3 is 1. The van der Waals surface area contributed by atoms with Crippen molar-refractivity contribution in [3.63, 3.8) is 0 Å². The van der Waals surface area contributed by atoms with Crippen LogP contribution < -0.4 is 10.2 Å². The normalized spacial score (nSPS) is 13.8. The van der Waals surface area contributed by atoms with E-state index in [4.69, 9.17) is 10.00 Å². The summed E-state index contributed by atoms with van der Waals surface area (Å²) >= 11 is 0. The predicted octanol–water partition coefficient (Wildman–Crippen LogP) is 1.76. The second-order valence-corrected chi connectivity index (χ2v) is 4.88. The van der Waals surface area contributed by atoms with E-state index in [1.165, 1.54) is 12.8 Å². The van der Waals surface area contributed by atoms with Gasteiger partial charge in [-0.1, -0.05) is 0 Å². The van der Waals surface area contributed by atoms with Crippen LogP contribution in [0.15, 0.2) is 6.07 Å². The van der Waals surface area contributed by atoms with E-state index >= 15 is 0 Å². The molecular formula is C14H21N5O. The van der Waals surface area contributed by atoms with Crippen LogP contribution in [0, 0.1) is 11.3 Å². The number of nitrogens with one attached hydrogen (secondary N) is 1. The summed E-state index contributed by atoms with van der Waals surface area (Å²) in [6, 6.07) is 4.11. The number of rotatable bonds is 8. The summed E-state index contributed by atoms with van der Waals surface area (Å²) < 4.78 is 5.14. The van der Waals surface area contributed by atoms with Gasteiger partial charge in [-0.3, -0.25) is 0 Å². The Kier molecular flexibility index (Phi) is 5.13. The molecule has 1 heterocycles. The van der Waals surface area contributed by atoms with Crippen molar-refractivity contribution < 1.29 is 4.74 Å². The molecule has 6 heteroatoms. The molecule has 1 fully saturated rings.